The summed E-state index contributed by atoms with van der Waals surface area (Å²) in [5.41, 5.74) is 1.79. The topological polar surface area (TPSA) is 0 Å². The van der Waals surface area contributed by atoms with E-state index in [0.29, 0.717) is 0 Å². The molecule has 0 atom stereocenters. The monoisotopic (exact) mass is 1060 g/mol. The van der Waals surface area contributed by atoms with Crippen LogP contribution < -0.4 is 46.0 Å². The van der Waals surface area contributed by atoms with Crippen LogP contribution in [0.1, 0.15) is 51.4 Å². The van der Waals surface area contributed by atoms with Crippen LogP contribution in [0.5, 0.6) is 0 Å². The molecule has 4 aromatic rings. The van der Waals surface area contributed by atoms with Gasteiger partial charge < -0.3 is 39.7 Å². The second-order valence-electron chi connectivity index (χ2n) is 9.96. The van der Waals surface area contributed by atoms with Crippen molar-refractivity contribution < 1.29 is 86.6 Å². The second-order valence-corrected chi connectivity index (χ2v) is 15.0. The zero-order valence-electron chi connectivity index (χ0n) is 25.0. The maximum atomic E-state index is 2.32. The molecule has 0 N–H and O–H groups in total. The van der Waals surface area contributed by atoms with Gasteiger partial charge in [-0.3, -0.25) is 0 Å². The molecule has 0 amide bonds. The van der Waals surface area contributed by atoms with Gasteiger partial charge in [-0.15, -0.1) is 0 Å². The van der Waals surface area contributed by atoms with Gasteiger partial charge in [0, 0.05) is 0 Å². The predicted octanol–water partition coefficient (Wildman–Crippen LogP) is 3.02. The first-order valence-corrected chi connectivity index (χ1v) is 16.5. The maximum absolute atomic E-state index is 2.32. The standard InChI is InChI=1S/2C17H19P.2CH3.2Au.2ClH.Fe/c2*1-3-9-15(10-4-1)18(17-13-7-8-14-17)16-11-5-2-6-12-16;;;;;;;/h2*1-6,9-12,17H,7-8,13-14H2;2*1H3;;;2*1H;/q;;2*-1;2*+1;;;+2/p-2. The van der Waals surface area contributed by atoms with E-state index in [9.17, 15) is 0 Å². The van der Waals surface area contributed by atoms with Gasteiger partial charge in [-0.1, -0.05) is 147 Å². The SMILES string of the molecule is [Au+].[Au+].[CH3-].[CH3-].[Cl-].[Cl-].[Fe+2].c1ccc(P(c2ccccc2)C2CCCC2)cc1.c1ccc(P(c2ccccc2)C2CCCC2)cc1. The van der Waals surface area contributed by atoms with Crippen LogP contribution in [0.15, 0.2) is 121 Å². The third kappa shape index (κ3) is 13.9. The van der Waals surface area contributed by atoms with E-state index in [-0.39, 0.29) is 117 Å². The van der Waals surface area contributed by atoms with Crippen LogP contribution in [0.2, 0.25) is 0 Å². The fourth-order valence-electron chi connectivity index (χ4n) is 5.82. The molecule has 0 bridgehead atoms. The van der Waals surface area contributed by atoms with Gasteiger partial charge in [-0.2, -0.15) is 0 Å². The largest absolute Gasteiger partial charge is 2.00 e. The van der Waals surface area contributed by atoms with Gasteiger partial charge in [-0.25, -0.2) is 0 Å². The summed E-state index contributed by atoms with van der Waals surface area (Å²) in [5.74, 6) is 0. The molecule has 0 unspecified atom stereocenters. The molecular weight excluding hydrogens is 1020 g/mol. The number of halogens is 2. The maximum Gasteiger partial charge on any atom is 2.00 e. The van der Waals surface area contributed by atoms with Crippen LogP contribution in [0.3, 0.4) is 0 Å². The number of benzene rings is 4. The number of rotatable bonds is 6. The molecule has 0 nitrogen and oxygen atoms in total. The van der Waals surface area contributed by atoms with Gasteiger partial charge in [0.25, 0.3) is 0 Å². The molecule has 242 valence electrons. The summed E-state index contributed by atoms with van der Waals surface area (Å²) >= 11 is 0. The molecule has 0 aliphatic heterocycles. The Bertz CT molecular complexity index is 989. The van der Waals surface area contributed by atoms with E-state index in [1.54, 1.807) is 21.2 Å². The molecule has 2 aliphatic carbocycles. The number of hydrogen-bond acceptors (Lipinski definition) is 0. The molecule has 2 saturated carbocycles. The average molecular weight is 1060 g/mol. The van der Waals surface area contributed by atoms with Crippen molar-refractivity contribution in [3.63, 3.8) is 0 Å². The third-order valence-corrected chi connectivity index (χ3v) is 13.4. The summed E-state index contributed by atoms with van der Waals surface area (Å²) < 4.78 is 0. The van der Waals surface area contributed by atoms with E-state index in [1.807, 2.05) is 0 Å². The molecule has 2 aliphatic rings. The summed E-state index contributed by atoms with van der Waals surface area (Å²) in [5, 5.41) is 6.19. The van der Waals surface area contributed by atoms with E-state index in [0.717, 1.165) is 11.3 Å². The molecule has 0 heterocycles. The van der Waals surface area contributed by atoms with Crippen molar-refractivity contribution in [2.24, 2.45) is 0 Å². The zero-order chi connectivity index (χ0) is 24.4. The average Bonchev–Trinajstić information content (AvgIpc) is 3.68. The fourth-order valence-corrected chi connectivity index (χ4v) is 11.8. The van der Waals surface area contributed by atoms with Crippen molar-refractivity contribution in [2.75, 3.05) is 0 Å². The summed E-state index contributed by atoms with van der Waals surface area (Å²) in [6.07, 6.45) is 11.3. The molecule has 2 fully saturated rings. The summed E-state index contributed by atoms with van der Waals surface area (Å²) in [6.45, 7) is 0. The van der Waals surface area contributed by atoms with Gasteiger partial charge >= 0.3 is 61.8 Å². The van der Waals surface area contributed by atoms with Crippen LogP contribution in [0.25, 0.3) is 0 Å². The van der Waals surface area contributed by atoms with E-state index >= 15 is 0 Å². The van der Waals surface area contributed by atoms with Crippen molar-refractivity contribution in [1.82, 2.24) is 0 Å². The van der Waals surface area contributed by atoms with Gasteiger partial charge in [0.2, 0.25) is 0 Å². The Labute approximate surface area is 319 Å². The van der Waals surface area contributed by atoms with Gasteiger partial charge in [-0.05, 0) is 74.1 Å². The summed E-state index contributed by atoms with van der Waals surface area (Å²) in [6, 6.07) is 44.5. The third-order valence-electron chi connectivity index (χ3n) is 7.52. The molecule has 7 heteroatoms. The Morgan fingerprint density at radius 1 is 0.372 bits per heavy atom. The summed E-state index contributed by atoms with van der Waals surface area (Å²) in [7, 11) is -0.304. The molecule has 6 rings (SSSR count). The first-order valence-electron chi connectivity index (χ1n) is 13.7. The van der Waals surface area contributed by atoms with E-state index in [4.69, 9.17) is 0 Å². The first kappa shape index (κ1) is 47.7. The predicted molar refractivity (Wildman–Crippen MR) is 175 cm³/mol. The van der Waals surface area contributed by atoms with E-state index in [2.05, 4.69) is 121 Å². The Morgan fingerprint density at radius 2 is 0.558 bits per heavy atom. The van der Waals surface area contributed by atoms with Crippen LogP contribution in [-0.4, -0.2) is 11.3 Å². The number of hydrogen-bond donors (Lipinski definition) is 0. The zero-order valence-corrected chi connectivity index (χ0v) is 33.7. The van der Waals surface area contributed by atoms with Gasteiger partial charge in [0.05, 0.1) is 0 Å². The molecule has 0 aromatic heterocycles. The van der Waals surface area contributed by atoms with Gasteiger partial charge in [0.15, 0.2) is 0 Å². The minimum absolute atomic E-state index is 0. The summed E-state index contributed by atoms with van der Waals surface area (Å²) in [4.78, 5) is 0. The van der Waals surface area contributed by atoms with Crippen LogP contribution in [0.4, 0.5) is 0 Å². The molecule has 0 saturated heterocycles. The minimum atomic E-state index is -0.152. The molecule has 0 spiro atoms. The minimum Gasteiger partial charge on any atom is -1.00 e. The van der Waals surface area contributed by atoms with Crippen molar-refractivity contribution in [1.29, 1.82) is 0 Å². The van der Waals surface area contributed by atoms with Crippen LogP contribution in [-0.2, 0) is 61.8 Å². The van der Waals surface area contributed by atoms with Crippen molar-refractivity contribution >= 4 is 37.1 Å². The second kappa shape index (κ2) is 26.4. The molecular formula is C36H44Au2Cl2FeP2. The smallest absolute Gasteiger partial charge is 1.00 e. The quantitative estimate of drug-likeness (QED) is 0.159. The van der Waals surface area contributed by atoms with Crippen molar-refractivity contribution in [2.45, 2.75) is 62.7 Å². The van der Waals surface area contributed by atoms with Crippen LogP contribution in [0, 0.1) is 14.9 Å². The van der Waals surface area contributed by atoms with E-state index < -0.39 is 0 Å². The van der Waals surface area contributed by atoms with Crippen molar-refractivity contribution in [3.8, 4) is 0 Å². The normalized spacial score (nSPS) is 13.6. The Balaban J connectivity index is -0.000000640. The van der Waals surface area contributed by atoms with Gasteiger partial charge in [0.1, 0.15) is 0 Å². The molecule has 0 radical (unpaired) electrons. The van der Waals surface area contributed by atoms with E-state index in [1.165, 1.54) is 51.4 Å². The Morgan fingerprint density at radius 3 is 0.744 bits per heavy atom. The Kier molecular flexibility index (Phi) is 29.3. The van der Waals surface area contributed by atoms with Crippen molar-refractivity contribution in [3.05, 3.63) is 136 Å². The van der Waals surface area contributed by atoms with Crippen LogP contribution >= 0.6 is 15.8 Å². The first-order chi connectivity index (χ1) is 17.9. The molecule has 43 heavy (non-hydrogen) atoms. The Hall–Kier alpha value is 0.320. The molecule has 4 aromatic carbocycles. The fraction of sp³-hybridized carbons (Fsp3) is 0.278.